The summed E-state index contributed by atoms with van der Waals surface area (Å²) in [4.78, 5) is 2.36. The van der Waals surface area contributed by atoms with Crippen molar-refractivity contribution in [1.82, 2.24) is 0 Å². The second kappa shape index (κ2) is 15.4. The lowest BCUT2D eigenvalue weighted by Crippen LogP contribution is -2.33. The van der Waals surface area contributed by atoms with E-state index in [0.717, 1.165) is 39.0 Å². The Morgan fingerprint density at radius 3 is 1.46 bits per heavy atom. The molecular weight excluding hydrogens is 859 g/mol. The summed E-state index contributed by atoms with van der Waals surface area (Å²) in [5.74, 6) is 0. The first-order valence-electron chi connectivity index (χ1n) is 25.3. The fourth-order valence-corrected chi connectivity index (χ4v) is 12.9. The molecule has 2 nitrogen and oxygen atoms in total. The smallest absolute Gasteiger partial charge is 0.137 e. The summed E-state index contributed by atoms with van der Waals surface area (Å²) in [6, 6.07) is 83.8. The molecule has 10 aromatic carbocycles. The fraction of sp³-hybridized carbons (Fsp3) is 0.130. The molecule has 0 atom stereocenters. The highest BCUT2D eigenvalue weighted by molar-refractivity contribution is 6.06. The third-order valence-corrected chi connectivity index (χ3v) is 16.6. The number of rotatable bonds is 6. The molecule has 3 aliphatic carbocycles. The highest BCUT2D eigenvalue weighted by Crippen LogP contribution is 2.64. The van der Waals surface area contributed by atoms with Gasteiger partial charge >= 0.3 is 0 Å². The molecule has 1 heterocycles. The van der Waals surface area contributed by atoms with Gasteiger partial charge in [-0.15, -0.1) is 0 Å². The molecule has 0 aliphatic heterocycles. The quantitative estimate of drug-likeness (QED) is 0.165. The average molecular weight is 912 g/mol. The molecule has 3 aliphatic rings. The van der Waals surface area contributed by atoms with Crippen LogP contribution in [-0.4, -0.2) is 0 Å². The van der Waals surface area contributed by atoms with Crippen LogP contribution in [0.1, 0.15) is 73.9 Å². The summed E-state index contributed by atoms with van der Waals surface area (Å²) < 4.78 is 6.50. The van der Waals surface area contributed by atoms with E-state index >= 15 is 0 Å². The van der Waals surface area contributed by atoms with Crippen LogP contribution < -0.4 is 4.90 Å². The molecule has 0 bridgehead atoms. The second-order valence-corrected chi connectivity index (χ2v) is 21.4. The van der Waals surface area contributed by atoms with Crippen LogP contribution in [0.15, 0.2) is 229 Å². The molecule has 0 unspecified atom stereocenters. The van der Waals surface area contributed by atoms with E-state index < -0.39 is 5.41 Å². The molecule has 0 radical (unpaired) electrons. The summed E-state index contributed by atoms with van der Waals surface area (Å²) in [6.07, 6.45) is 2.35. The van der Waals surface area contributed by atoms with Gasteiger partial charge in [0.15, 0.2) is 0 Å². The molecule has 0 saturated heterocycles. The maximum atomic E-state index is 6.50. The zero-order valence-electron chi connectivity index (χ0n) is 40.6. The van der Waals surface area contributed by atoms with E-state index in [1.54, 1.807) is 0 Å². The maximum absolute atomic E-state index is 6.50. The van der Waals surface area contributed by atoms with Gasteiger partial charge in [-0.3, -0.25) is 0 Å². The Labute approximate surface area is 416 Å². The molecule has 1 aromatic heterocycles. The number of fused-ring (bicyclic) bond motifs is 14. The number of furan rings is 1. The van der Waals surface area contributed by atoms with Gasteiger partial charge in [0.2, 0.25) is 0 Å². The molecule has 0 N–H and O–H groups in total. The van der Waals surface area contributed by atoms with E-state index in [9.17, 15) is 0 Å². The zero-order chi connectivity index (χ0) is 47.6. The number of hydrogen-bond donors (Lipinski definition) is 0. The molecule has 2 heteroatoms. The van der Waals surface area contributed by atoms with Crippen molar-refractivity contribution >= 4 is 39.0 Å². The van der Waals surface area contributed by atoms with Crippen LogP contribution in [0.25, 0.3) is 77.6 Å². The van der Waals surface area contributed by atoms with E-state index in [1.165, 1.54) is 102 Å². The van der Waals surface area contributed by atoms with Crippen molar-refractivity contribution in [3.05, 3.63) is 258 Å². The molecule has 11 aromatic rings. The van der Waals surface area contributed by atoms with Crippen molar-refractivity contribution in [3.8, 4) is 55.6 Å². The topological polar surface area (TPSA) is 16.4 Å². The van der Waals surface area contributed by atoms with Crippen LogP contribution in [0.4, 0.5) is 17.1 Å². The lowest BCUT2D eigenvalue weighted by atomic mass is 9.63. The Balaban J connectivity index is 0.980. The minimum Gasteiger partial charge on any atom is -0.456 e. The van der Waals surface area contributed by atoms with Crippen LogP contribution in [0.5, 0.6) is 0 Å². The van der Waals surface area contributed by atoms with Gasteiger partial charge in [0, 0.05) is 33.9 Å². The monoisotopic (exact) mass is 911 g/mol. The van der Waals surface area contributed by atoms with Gasteiger partial charge in [-0.25, -0.2) is 0 Å². The van der Waals surface area contributed by atoms with Gasteiger partial charge in [0.25, 0.3) is 0 Å². The predicted molar refractivity (Wildman–Crippen MR) is 296 cm³/mol. The fourth-order valence-electron chi connectivity index (χ4n) is 12.9. The minimum absolute atomic E-state index is 0.0709. The Morgan fingerprint density at radius 2 is 0.803 bits per heavy atom. The van der Waals surface area contributed by atoms with Gasteiger partial charge < -0.3 is 9.32 Å². The van der Waals surface area contributed by atoms with Crippen LogP contribution >= 0.6 is 0 Å². The summed E-state index contributed by atoms with van der Waals surface area (Å²) >= 11 is 0. The van der Waals surface area contributed by atoms with Gasteiger partial charge in [-0.05, 0) is 167 Å². The maximum Gasteiger partial charge on any atom is 0.137 e. The lowest BCUT2D eigenvalue weighted by Gasteiger charge is -2.42. The first kappa shape index (κ1) is 41.7. The van der Waals surface area contributed by atoms with E-state index in [-0.39, 0.29) is 10.8 Å². The molecule has 0 fully saturated rings. The predicted octanol–water partition coefficient (Wildman–Crippen LogP) is 18.7. The van der Waals surface area contributed by atoms with Gasteiger partial charge in [0.05, 0.1) is 5.41 Å². The third-order valence-electron chi connectivity index (χ3n) is 16.6. The van der Waals surface area contributed by atoms with E-state index in [2.05, 4.69) is 251 Å². The van der Waals surface area contributed by atoms with Gasteiger partial charge in [-0.1, -0.05) is 191 Å². The molecule has 14 rings (SSSR count). The zero-order valence-corrected chi connectivity index (χ0v) is 40.6. The van der Waals surface area contributed by atoms with Crippen molar-refractivity contribution in [2.75, 3.05) is 4.90 Å². The molecule has 340 valence electrons. The number of nitrogens with zero attached hydrogens (tertiary/aromatic N) is 1. The van der Waals surface area contributed by atoms with Crippen LogP contribution in [-0.2, 0) is 16.2 Å². The summed E-state index contributed by atoms with van der Waals surface area (Å²) in [5.41, 5.74) is 25.6. The van der Waals surface area contributed by atoms with E-state index in [0.29, 0.717) is 0 Å². The Bertz CT molecular complexity index is 3880. The van der Waals surface area contributed by atoms with Crippen molar-refractivity contribution in [3.63, 3.8) is 0 Å². The van der Waals surface area contributed by atoms with Gasteiger partial charge in [-0.2, -0.15) is 0 Å². The van der Waals surface area contributed by atoms with Crippen molar-refractivity contribution in [1.29, 1.82) is 0 Å². The normalized spacial score (nSPS) is 15.3. The molecule has 71 heavy (non-hydrogen) atoms. The van der Waals surface area contributed by atoms with Crippen molar-refractivity contribution in [2.24, 2.45) is 0 Å². The largest absolute Gasteiger partial charge is 0.456 e. The van der Waals surface area contributed by atoms with Crippen molar-refractivity contribution in [2.45, 2.75) is 56.8 Å². The second-order valence-electron chi connectivity index (χ2n) is 21.4. The minimum atomic E-state index is -0.452. The molecule has 1 spiro atoms. The first-order valence-corrected chi connectivity index (χ1v) is 25.3. The van der Waals surface area contributed by atoms with Gasteiger partial charge in [0.1, 0.15) is 11.2 Å². The number of anilines is 3. The highest BCUT2D eigenvalue weighted by atomic mass is 16.3. The average Bonchev–Trinajstić information content (AvgIpc) is 4.04. The SMILES string of the molecule is CC1(C)CCC(C)(C)c2cc(-c3cc4c(cc3-c3ccc(N(c5ccc(-c6ccccc6)cc5)c5ccc6c(c5)oc5ccccc56)cc3)C3(c5ccccc5-c5ccccc53)c3ccccc3-4)ccc21. The Kier molecular flexibility index (Phi) is 9.05. The first-order chi connectivity index (χ1) is 34.7. The number of benzene rings is 10. The van der Waals surface area contributed by atoms with E-state index in [4.69, 9.17) is 4.42 Å². The van der Waals surface area contributed by atoms with E-state index in [1.807, 2.05) is 6.07 Å². The highest BCUT2D eigenvalue weighted by Gasteiger charge is 2.52. The van der Waals surface area contributed by atoms with Crippen molar-refractivity contribution < 1.29 is 4.42 Å². The molecule has 0 amide bonds. The molecular formula is C69H53NO. The summed E-state index contributed by atoms with van der Waals surface area (Å²) in [5, 5.41) is 2.24. The molecule has 0 saturated carbocycles. The Morgan fingerprint density at radius 1 is 0.310 bits per heavy atom. The number of para-hydroxylation sites is 1. The van der Waals surface area contributed by atoms with Crippen LogP contribution in [0, 0.1) is 0 Å². The lowest BCUT2D eigenvalue weighted by molar-refractivity contribution is 0.332. The number of hydrogen-bond acceptors (Lipinski definition) is 2. The summed E-state index contributed by atoms with van der Waals surface area (Å²) in [7, 11) is 0. The standard InChI is InChI=1S/C69H53NO/c1-67(2)38-39-68(3,4)64-40-47(30-37-62(64)67)56-42-58-53-20-10-14-24-61(53)69(59-22-12-8-18-51(59)52-19-9-13-23-60(52)69)63(58)43-57(56)46-28-33-49(34-29-46)70(48-31-26-45(27-32-48)44-16-6-5-7-17-44)50-35-36-55-54-21-11-15-25-65(54)71-66(55)41-50/h5-37,40-43H,38-39H2,1-4H3. The Hall–Kier alpha value is -8.20. The third kappa shape index (κ3) is 6.20. The van der Waals surface area contributed by atoms with Crippen LogP contribution in [0.3, 0.4) is 0 Å². The van der Waals surface area contributed by atoms with Crippen LogP contribution in [0.2, 0.25) is 0 Å². The summed E-state index contributed by atoms with van der Waals surface area (Å²) in [6.45, 7) is 9.73.